The topological polar surface area (TPSA) is 35.8 Å². The van der Waals surface area contributed by atoms with Gasteiger partial charge in [0.2, 0.25) is 0 Å². The fraction of sp³-hybridized carbons (Fsp3) is 0.188. The van der Waals surface area contributed by atoms with E-state index in [1.807, 2.05) is 19.1 Å². The van der Waals surface area contributed by atoms with Crippen LogP contribution in [0.25, 0.3) is 0 Å². The quantitative estimate of drug-likeness (QED) is 0.905. The molecule has 0 bridgehead atoms. The number of hydrogen-bond donors (Lipinski definition) is 1. The lowest BCUT2D eigenvalue weighted by molar-refractivity contribution is 0.570. The third-order valence-corrected chi connectivity index (χ3v) is 3.75. The van der Waals surface area contributed by atoms with Crippen molar-refractivity contribution in [1.29, 1.82) is 5.26 Å². The van der Waals surface area contributed by atoms with E-state index in [1.165, 1.54) is 6.07 Å². The molecule has 0 saturated carbocycles. The summed E-state index contributed by atoms with van der Waals surface area (Å²) in [6.07, 6.45) is 0. The van der Waals surface area contributed by atoms with Crippen molar-refractivity contribution in [1.82, 2.24) is 5.32 Å². The molecule has 0 aliphatic heterocycles. The third kappa shape index (κ3) is 3.66. The Balaban J connectivity index is 1.99. The summed E-state index contributed by atoms with van der Waals surface area (Å²) in [5, 5.41) is 12.1. The predicted octanol–water partition coefficient (Wildman–Crippen LogP) is 4.31. The maximum atomic E-state index is 13.2. The van der Waals surface area contributed by atoms with Crippen LogP contribution in [0.1, 0.15) is 29.7 Å². The zero-order valence-electron chi connectivity index (χ0n) is 11.0. The standard InChI is InChI=1S/C16H14BrFN2/c1-11(14-6-7-16(18)15(17)8-14)20-10-13-4-2-12(9-19)3-5-13/h2-8,11,20H,10H2,1H3. The highest BCUT2D eigenvalue weighted by molar-refractivity contribution is 9.10. The maximum Gasteiger partial charge on any atom is 0.137 e. The number of nitrogens with zero attached hydrogens (tertiary/aromatic N) is 1. The summed E-state index contributed by atoms with van der Waals surface area (Å²) in [6, 6.07) is 14.7. The molecule has 1 unspecified atom stereocenters. The number of nitrogens with one attached hydrogen (secondary N) is 1. The Morgan fingerprint density at radius 3 is 2.55 bits per heavy atom. The molecular formula is C16H14BrFN2. The normalized spacial score (nSPS) is 11.9. The second-order valence-electron chi connectivity index (χ2n) is 4.58. The van der Waals surface area contributed by atoms with Gasteiger partial charge in [0.15, 0.2) is 0 Å². The first-order chi connectivity index (χ1) is 9.60. The van der Waals surface area contributed by atoms with Crippen molar-refractivity contribution >= 4 is 15.9 Å². The third-order valence-electron chi connectivity index (χ3n) is 3.14. The average molecular weight is 333 g/mol. The number of halogens is 2. The fourth-order valence-corrected chi connectivity index (χ4v) is 2.26. The van der Waals surface area contributed by atoms with Gasteiger partial charge in [0.05, 0.1) is 16.1 Å². The van der Waals surface area contributed by atoms with Gasteiger partial charge in [0.1, 0.15) is 5.82 Å². The first-order valence-electron chi connectivity index (χ1n) is 6.27. The van der Waals surface area contributed by atoms with E-state index >= 15 is 0 Å². The number of benzene rings is 2. The van der Waals surface area contributed by atoms with Gasteiger partial charge in [0, 0.05) is 12.6 Å². The maximum absolute atomic E-state index is 13.2. The highest BCUT2D eigenvalue weighted by atomic mass is 79.9. The van der Waals surface area contributed by atoms with Crippen LogP contribution in [-0.2, 0) is 6.54 Å². The highest BCUT2D eigenvalue weighted by Gasteiger charge is 2.07. The SMILES string of the molecule is CC(NCc1ccc(C#N)cc1)c1ccc(F)c(Br)c1. The summed E-state index contributed by atoms with van der Waals surface area (Å²) >= 11 is 3.19. The summed E-state index contributed by atoms with van der Waals surface area (Å²) in [5.74, 6) is -0.256. The van der Waals surface area contributed by atoms with Gasteiger partial charge in [-0.05, 0) is 58.2 Å². The van der Waals surface area contributed by atoms with Crippen molar-refractivity contribution in [3.63, 3.8) is 0 Å². The van der Waals surface area contributed by atoms with E-state index in [0.717, 1.165) is 11.1 Å². The molecule has 2 nitrogen and oxygen atoms in total. The Labute approximate surface area is 126 Å². The second kappa shape index (κ2) is 6.65. The van der Waals surface area contributed by atoms with Gasteiger partial charge in [-0.2, -0.15) is 5.26 Å². The molecule has 102 valence electrons. The minimum absolute atomic E-state index is 0.113. The van der Waals surface area contributed by atoms with Crippen molar-refractivity contribution < 1.29 is 4.39 Å². The van der Waals surface area contributed by atoms with Crippen molar-refractivity contribution in [2.24, 2.45) is 0 Å². The Morgan fingerprint density at radius 1 is 1.25 bits per heavy atom. The van der Waals surface area contributed by atoms with Crippen LogP contribution in [0, 0.1) is 17.1 Å². The summed E-state index contributed by atoms with van der Waals surface area (Å²) in [7, 11) is 0. The average Bonchev–Trinajstić information content (AvgIpc) is 2.48. The van der Waals surface area contributed by atoms with E-state index in [0.29, 0.717) is 16.6 Å². The molecule has 1 N–H and O–H groups in total. The molecule has 20 heavy (non-hydrogen) atoms. The minimum atomic E-state index is -0.256. The summed E-state index contributed by atoms with van der Waals surface area (Å²) in [6.45, 7) is 2.73. The van der Waals surface area contributed by atoms with Crippen molar-refractivity contribution in [3.05, 3.63) is 69.4 Å². The second-order valence-corrected chi connectivity index (χ2v) is 5.44. The lowest BCUT2D eigenvalue weighted by Gasteiger charge is -2.15. The van der Waals surface area contributed by atoms with Crippen LogP contribution in [-0.4, -0.2) is 0 Å². The van der Waals surface area contributed by atoms with Gasteiger partial charge < -0.3 is 5.32 Å². The van der Waals surface area contributed by atoms with Crippen LogP contribution in [0.2, 0.25) is 0 Å². The van der Waals surface area contributed by atoms with Crippen molar-refractivity contribution in [2.45, 2.75) is 19.5 Å². The van der Waals surface area contributed by atoms with Crippen LogP contribution in [0.15, 0.2) is 46.9 Å². The van der Waals surface area contributed by atoms with E-state index < -0.39 is 0 Å². The van der Waals surface area contributed by atoms with E-state index in [9.17, 15) is 4.39 Å². The molecule has 1 atom stereocenters. The van der Waals surface area contributed by atoms with Gasteiger partial charge in [-0.15, -0.1) is 0 Å². The van der Waals surface area contributed by atoms with Crippen LogP contribution < -0.4 is 5.32 Å². The van der Waals surface area contributed by atoms with Crippen LogP contribution in [0.4, 0.5) is 4.39 Å². The monoisotopic (exact) mass is 332 g/mol. The Kier molecular flexibility index (Phi) is 4.89. The number of hydrogen-bond acceptors (Lipinski definition) is 2. The Morgan fingerprint density at radius 2 is 1.95 bits per heavy atom. The lowest BCUT2D eigenvalue weighted by atomic mass is 10.1. The van der Waals surface area contributed by atoms with Crippen LogP contribution in [0.3, 0.4) is 0 Å². The number of nitriles is 1. The first-order valence-corrected chi connectivity index (χ1v) is 7.07. The minimum Gasteiger partial charge on any atom is -0.306 e. The molecular weight excluding hydrogens is 319 g/mol. The molecule has 2 aromatic carbocycles. The van der Waals surface area contributed by atoms with Gasteiger partial charge >= 0.3 is 0 Å². The number of rotatable bonds is 4. The first kappa shape index (κ1) is 14.7. The molecule has 2 rings (SSSR count). The Hall–Kier alpha value is -1.70. The molecule has 2 aromatic rings. The molecule has 0 heterocycles. The molecule has 0 spiro atoms. The van der Waals surface area contributed by atoms with Crippen molar-refractivity contribution in [3.8, 4) is 6.07 Å². The molecule has 0 fully saturated rings. The fourth-order valence-electron chi connectivity index (χ4n) is 1.87. The zero-order valence-corrected chi connectivity index (χ0v) is 12.6. The van der Waals surface area contributed by atoms with Gasteiger partial charge in [-0.3, -0.25) is 0 Å². The molecule has 4 heteroatoms. The molecule has 0 aromatic heterocycles. The summed E-state index contributed by atoms with van der Waals surface area (Å²) in [5.41, 5.74) is 2.79. The molecule has 0 radical (unpaired) electrons. The predicted molar refractivity (Wildman–Crippen MR) is 80.5 cm³/mol. The smallest absolute Gasteiger partial charge is 0.137 e. The largest absolute Gasteiger partial charge is 0.306 e. The Bertz CT molecular complexity index is 632. The van der Waals surface area contributed by atoms with Gasteiger partial charge in [0.25, 0.3) is 0 Å². The van der Waals surface area contributed by atoms with Gasteiger partial charge in [-0.25, -0.2) is 4.39 Å². The van der Waals surface area contributed by atoms with Crippen LogP contribution >= 0.6 is 15.9 Å². The zero-order chi connectivity index (χ0) is 14.5. The molecule has 0 amide bonds. The molecule has 0 aliphatic rings. The highest BCUT2D eigenvalue weighted by Crippen LogP contribution is 2.21. The lowest BCUT2D eigenvalue weighted by Crippen LogP contribution is -2.18. The molecule has 0 aliphatic carbocycles. The van der Waals surface area contributed by atoms with E-state index in [4.69, 9.17) is 5.26 Å². The van der Waals surface area contributed by atoms with Crippen molar-refractivity contribution in [2.75, 3.05) is 0 Å². The van der Waals surface area contributed by atoms with Gasteiger partial charge in [-0.1, -0.05) is 18.2 Å². The van der Waals surface area contributed by atoms with Crippen LogP contribution in [0.5, 0.6) is 0 Å². The van der Waals surface area contributed by atoms with E-state index in [-0.39, 0.29) is 11.9 Å². The molecule has 0 saturated heterocycles. The summed E-state index contributed by atoms with van der Waals surface area (Å²) < 4.78 is 13.7. The van der Waals surface area contributed by atoms with E-state index in [1.54, 1.807) is 24.3 Å². The van der Waals surface area contributed by atoms with E-state index in [2.05, 4.69) is 27.3 Å². The summed E-state index contributed by atoms with van der Waals surface area (Å²) in [4.78, 5) is 0.